The molecule has 136 valence electrons. The Kier molecular flexibility index (Phi) is 4.06. The van der Waals surface area contributed by atoms with E-state index in [4.69, 9.17) is 10.3 Å². The topological polar surface area (TPSA) is 111 Å². The molecular weight excluding hydrogens is 352 g/mol. The van der Waals surface area contributed by atoms with Gasteiger partial charge in [0.2, 0.25) is 10.0 Å². The van der Waals surface area contributed by atoms with Crippen molar-refractivity contribution in [1.82, 2.24) is 14.9 Å². The van der Waals surface area contributed by atoms with Crippen LogP contribution in [-0.4, -0.2) is 30.6 Å². The smallest absolute Gasteiger partial charge is 0.241 e. The number of pyridine rings is 1. The summed E-state index contributed by atoms with van der Waals surface area (Å²) in [4.78, 5) is 4.55. The average Bonchev–Trinajstić information content (AvgIpc) is 2.91. The molecule has 3 aromatic rings. The van der Waals surface area contributed by atoms with Crippen molar-refractivity contribution in [2.24, 2.45) is 5.73 Å². The van der Waals surface area contributed by atoms with Gasteiger partial charge in [-0.25, -0.2) is 13.1 Å². The van der Waals surface area contributed by atoms with Crippen molar-refractivity contribution in [3.63, 3.8) is 0 Å². The number of fused-ring (bicyclic) bond motifs is 1. The van der Waals surface area contributed by atoms with Gasteiger partial charge in [0.25, 0.3) is 0 Å². The van der Waals surface area contributed by atoms with Crippen LogP contribution in [0.2, 0.25) is 0 Å². The number of hydrogen-bond donors (Lipinski definition) is 2. The van der Waals surface area contributed by atoms with Gasteiger partial charge in [0, 0.05) is 29.2 Å². The van der Waals surface area contributed by atoms with E-state index in [1.807, 2.05) is 13.0 Å². The maximum atomic E-state index is 13.0. The van der Waals surface area contributed by atoms with Crippen LogP contribution in [0.15, 0.2) is 39.9 Å². The van der Waals surface area contributed by atoms with Crippen molar-refractivity contribution in [3.8, 4) is 11.1 Å². The molecule has 0 radical (unpaired) electrons. The molecule has 8 heteroatoms. The number of benzene rings is 1. The minimum absolute atomic E-state index is 0.0646. The zero-order valence-corrected chi connectivity index (χ0v) is 15.4. The Labute approximate surface area is 151 Å². The quantitative estimate of drug-likeness (QED) is 0.727. The van der Waals surface area contributed by atoms with Crippen molar-refractivity contribution >= 4 is 20.9 Å². The molecule has 3 N–H and O–H groups in total. The van der Waals surface area contributed by atoms with E-state index in [1.165, 1.54) is 0 Å². The molecule has 1 aliphatic carbocycles. The lowest BCUT2D eigenvalue weighted by atomic mass is 9.89. The van der Waals surface area contributed by atoms with Gasteiger partial charge in [-0.05, 0) is 56.5 Å². The highest BCUT2D eigenvalue weighted by Gasteiger charge is 2.31. The zero-order chi connectivity index (χ0) is 18.5. The number of hydrogen-bond acceptors (Lipinski definition) is 6. The van der Waals surface area contributed by atoms with Crippen LogP contribution in [0.25, 0.3) is 22.0 Å². The summed E-state index contributed by atoms with van der Waals surface area (Å²) < 4.78 is 34.1. The van der Waals surface area contributed by atoms with Gasteiger partial charge < -0.3 is 10.3 Å². The molecule has 1 aromatic carbocycles. The molecule has 1 saturated carbocycles. The predicted octanol–water partition coefficient (Wildman–Crippen LogP) is 2.27. The zero-order valence-electron chi connectivity index (χ0n) is 14.6. The van der Waals surface area contributed by atoms with E-state index in [0.717, 1.165) is 11.1 Å². The lowest BCUT2D eigenvalue weighted by Crippen LogP contribution is -2.50. The maximum Gasteiger partial charge on any atom is 0.241 e. The van der Waals surface area contributed by atoms with Crippen molar-refractivity contribution in [1.29, 1.82) is 0 Å². The van der Waals surface area contributed by atoms with Crippen LogP contribution in [0.5, 0.6) is 0 Å². The van der Waals surface area contributed by atoms with Crippen molar-refractivity contribution in [2.75, 3.05) is 0 Å². The fourth-order valence-corrected chi connectivity index (χ4v) is 4.95. The van der Waals surface area contributed by atoms with E-state index in [1.54, 1.807) is 31.3 Å². The largest absolute Gasteiger partial charge is 0.361 e. The van der Waals surface area contributed by atoms with Gasteiger partial charge in [-0.2, -0.15) is 0 Å². The number of nitrogens with zero attached hydrogens (tertiary/aromatic N) is 2. The molecule has 0 unspecified atom stereocenters. The van der Waals surface area contributed by atoms with E-state index in [-0.39, 0.29) is 17.0 Å². The van der Waals surface area contributed by atoms with Gasteiger partial charge in [-0.15, -0.1) is 0 Å². The fraction of sp³-hybridized carbons (Fsp3) is 0.333. The van der Waals surface area contributed by atoms with Gasteiger partial charge in [-0.3, -0.25) is 4.98 Å². The summed E-state index contributed by atoms with van der Waals surface area (Å²) in [6, 6.07) is 6.97. The predicted molar refractivity (Wildman–Crippen MR) is 98.0 cm³/mol. The SMILES string of the molecule is Cc1noc(C)c1-c1cc(S(=O)(=O)NC2CC(N)C2)c2cccnc2c1. The number of aromatic nitrogens is 2. The van der Waals surface area contributed by atoms with Crippen LogP contribution in [0.1, 0.15) is 24.3 Å². The van der Waals surface area contributed by atoms with Crippen LogP contribution >= 0.6 is 0 Å². The Hall–Kier alpha value is -2.29. The Morgan fingerprint density at radius 3 is 2.69 bits per heavy atom. The van der Waals surface area contributed by atoms with Gasteiger partial charge >= 0.3 is 0 Å². The average molecular weight is 372 g/mol. The van der Waals surface area contributed by atoms with Crippen molar-refractivity contribution in [2.45, 2.75) is 43.7 Å². The molecule has 4 rings (SSSR count). The number of nitrogens with one attached hydrogen (secondary N) is 1. The van der Waals surface area contributed by atoms with E-state index < -0.39 is 10.0 Å². The summed E-state index contributed by atoms with van der Waals surface area (Å²) in [5.74, 6) is 0.638. The number of aryl methyl sites for hydroxylation is 2. The molecule has 2 heterocycles. The summed E-state index contributed by atoms with van der Waals surface area (Å²) in [7, 11) is -3.71. The molecule has 26 heavy (non-hydrogen) atoms. The van der Waals surface area contributed by atoms with Gasteiger partial charge in [0.05, 0.1) is 16.1 Å². The lowest BCUT2D eigenvalue weighted by molar-refractivity contribution is 0.327. The van der Waals surface area contributed by atoms with Crippen LogP contribution in [0.3, 0.4) is 0 Å². The molecule has 0 spiro atoms. The summed E-state index contributed by atoms with van der Waals surface area (Å²) in [6.45, 7) is 3.64. The minimum atomic E-state index is -3.71. The molecule has 7 nitrogen and oxygen atoms in total. The van der Waals surface area contributed by atoms with Crippen molar-refractivity contribution < 1.29 is 12.9 Å². The molecule has 0 aliphatic heterocycles. The summed E-state index contributed by atoms with van der Waals surface area (Å²) >= 11 is 0. The fourth-order valence-electron chi connectivity index (χ4n) is 3.45. The first-order chi connectivity index (χ1) is 12.3. The third-order valence-corrected chi connectivity index (χ3v) is 6.35. The molecule has 0 saturated heterocycles. The third-order valence-electron chi connectivity index (χ3n) is 4.79. The minimum Gasteiger partial charge on any atom is -0.361 e. The molecule has 0 amide bonds. The number of rotatable bonds is 4. The monoisotopic (exact) mass is 372 g/mol. The molecular formula is C18H20N4O3S. The first-order valence-electron chi connectivity index (χ1n) is 8.45. The lowest BCUT2D eigenvalue weighted by Gasteiger charge is -2.32. The molecule has 1 fully saturated rings. The Morgan fingerprint density at radius 2 is 2.04 bits per heavy atom. The standard InChI is InChI=1S/C18H20N4O3S/c1-10-18(11(2)25-21-10)12-6-16-15(4-3-5-20-16)17(7-12)26(23,24)22-14-8-13(19)9-14/h3-7,13-14,22H,8-9,19H2,1-2H3. The van der Waals surface area contributed by atoms with Gasteiger partial charge in [-0.1, -0.05) is 5.16 Å². The second-order valence-electron chi connectivity index (χ2n) is 6.79. The molecule has 1 aliphatic rings. The number of nitrogens with two attached hydrogens (primary N) is 1. The highest BCUT2D eigenvalue weighted by Crippen LogP contribution is 2.33. The van der Waals surface area contributed by atoms with Crippen LogP contribution in [0.4, 0.5) is 0 Å². The third kappa shape index (κ3) is 2.90. The first-order valence-corrected chi connectivity index (χ1v) is 9.93. The first kappa shape index (κ1) is 17.1. The second kappa shape index (κ2) is 6.15. The van der Waals surface area contributed by atoms with Crippen LogP contribution in [0, 0.1) is 13.8 Å². The Morgan fingerprint density at radius 1 is 1.27 bits per heavy atom. The van der Waals surface area contributed by atoms with E-state index in [0.29, 0.717) is 35.2 Å². The summed E-state index contributed by atoms with van der Waals surface area (Å²) in [5.41, 5.74) is 8.60. The Balaban J connectivity index is 1.88. The highest BCUT2D eigenvalue weighted by atomic mass is 32.2. The van der Waals surface area contributed by atoms with E-state index in [2.05, 4.69) is 14.9 Å². The van der Waals surface area contributed by atoms with E-state index in [9.17, 15) is 8.42 Å². The second-order valence-corrected chi connectivity index (χ2v) is 8.48. The molecule has 0 bridgehead atoms. The normalized spacial score (nSPS) is 20.3. The number of sulfonamides is 1. The molecule has 0 atom stereocenters. The summed E-state index contributed by atoms with van der Waals surface area (Å²) in [6.07, 6.45) is 2.95. The van der Waals surface area contributed by atoms with Gasteiger partial charge in [0.1, 0.15) is 5.76 Å². The van der Waals surface area contributed by atoms with Gasteiger partial charge in [0.15, 0.2) is 0 Å². The maximum absolute atomic E-state index is 13.0. The van der Waals surface area contributed by atoms with Crippen LogP contribution < -0.4 is 10.5 Å². The Bertz CT molecular complexity index is 1070. The van der Waals surface area contributed by atoms with Crippen LogP contribution in [-0.2, 0) is 10.0 Å². The highest BCUT2D eigenvalue weighted by molar-refractivity contribution is 7.89. The van der Waals surface area contributed by atoms with E-state index >= 15 is 0 Å². The summed E-state index contributed by atoms with van der Waals surface area (Å²) in [5, 5.41) is 4.55. The van der Waals surface area contributed by atoms with Crippen molar-refractivity contribution in [3.05, 3.63) is 41.9 Å². The molecule has 2 aromatic heterocycles.